The number of nitrogens with zero attached hydrogens (tertiary/aromatic N) is 3. The molecule has 1 fully saturated rings. The summed E-state index contributed by atoms with van der Waals surface area (Å²) in [7, 11) is 0. The lowest BCUT2D eigenvalue weighted by molar-refractivity contribution is -0.142. The van der Waals surface area contributed by atoms with Gasteiger partial charge in [0, 0.05) is 18.7 Å². The first-order chi connectivity index (χ1) is 17.8. The van der Waals surface area contributed by atoms with E-state index in [4.69, 9.17) is 0 Å². The van der Waals surface area contributed by atoms with Crippen LogP contribution in [-0.2, 0) is 22.3 Å². The van der Waals surface area contributed by atoms with Gasteiger partial charge in [-0.05, 0) is 42.3 Å². The van der Waals surface area contributed by atoms with E-state index in [0.717, 1.165) is 23.1 Å². The van der Waals surface area contributed by atoms with Crippen molar-refractivity contribution < 1.29 is 47.7 Å². The highest BCUT2D eigenvalue weighted by atomic mass is 19.4. The highest BCUT2D eigenvalue weighted by molar-refractivity contribution is 5.98. The number of halogens is 3. The minimum absolute atomic E-state index is 0.0313. The van der Waals surface area contributed by atoms with E-state index in [9.17, 15) is 47.7 Å². The van der Waals surface area contributed by atoms with Gasteiger partial charge in [0.15, 0.2) is 11.5 Å². The fraction of sp³-hybridized carbons (Fsp3) is 0.250. The molecule has 2 unspecified atom stereocenters. The van der Waals surface area contributed by atoms with Crippen molar-refractivity contribution in [3.05, 3.63) is 64.8 Å². The smallest absolute Gasteiger partial charge is 0.416 e. The Kier molecular flexibility index (Phi) is 6.89. The Balaban J connectivity index is 1.52. The lowest BCUT2D eigenvalue weighted by Gasteiger charge is -2.21. The van der Waals surface area contributed by atoms with Gasteiger partial charge in [-0.15, -0.1) is 0 Å². The summed E-state index contributed by atoms with van der Waals surface area (Å²) in [5.74, 6) is -5.86. The molecule has 2 aromatic carbocycles. The fourth-order valence-corrected chi connectivity index (χ4v) is 4.09. The second-order valence-corrected chi connectivity index (χ2v) is 8.56. The largest absolute Gasteiger partial charge is 0.481 e. The number of carboxylic acid groups (broad SMARTS) is 3. The van der Waals surface area contributed by atoms with Gasteiger partial charge in [0.2, 0.25) is 0 Å². The van der Waals surface area contributed by atoms with Crippen molar-refractivity contribution >= 4 is 40.7 Å². The van der Waals surface area contributed by atoms with Crippen LogP contribution >= 0.6 is 0 Å². The third-order valence-corrected chi connectivity index (χ3v) is 6.05. The van der Waals surface area contributed by atoms with Gasteiger partial charge in [-0.2, -0.15) is 13.2 Å². The summed E-state index contributed by atoms with van der Waals surface area (Å²) in [6.45, 7) is -0.278. The second kappa shape index (κ2) is 9.95. The van der Waals surface area contributed by atoms with Crippen LogP contribution in [0.25, 0.3) is 11.0 Å². The van der Waals surface area contributed by atoms with Crippen molar-refractivity contribution in [1.29, 1.82) is 0 Å². The highest BCUT2D eigenvalue weighted by Gasteiger charge is 2.42. The highest BCUT2D eigenvalue weighted by Crippen LogP contribution is 2.31. The Morgan fingerprint density at radius 2 is 1.63 bits per heavy atom. The molecule has 1 aromatic heterocycles. The first-order valence-electron chi connectivity index (χ1n) is 11.1. The number of carboxylic acids is 3. The quantitative estimate of drug-likeness (QED) is 0.355. The molecule has 0 aliphatic carbocycles. The summed E-state index contributed by atoms with van der Waals surface area (Å²) in [6, 6.07) is 7.08. The normalized spacial score (nSPS) is 17.4. The summed E-state index contributed by atoms with van der Waals surface area (Å²) in [4.78, 5) is 56.2. The SMILES string of the molecule is O=C(O)c1nc2ccc(C(F)(F)F)cc2nc1NCc1ccc(C(=O)N2CC(C(=O)O)CC2C(=O)O)cc1. The summed E-state index contributed by atoms with van der Waals surface area (Å²) in [5.41, 5.74) is -1.01. The van der Waals surface area contributed by atoms with Crippen LogP contribution in [0.2, 0.25) is 0 Å². The minimum atomic E-state index is -4.62. The minimum Gasteiger partial charge on any atom is -0.481 e. The predicted octanol–water partition coefficient (Wildman–Crippen LogP) is 2.96. The number of rotatable bonds is 7. The van der Waals surface area contributed by atoms with Crippen molar-refractivity contribution in [3.8, 4) is 0 Å². The molecular weight excluding hydrogens is 513 g/mol. The van der Waals surface area contributed by atoms with Crippen LogP contribution in [0.3, 0.4) is 0 Å². The predicted molar refractivity (Wildman–Crippen MR) is 123 cm³/mol. The third kappa shape index (κ3) is 5.33. The third-order valence-electron chi connectivity index (χ3n) is 6.05. The maximum Gasteiger partial charge on any atom is 0.416 e. The van der Waals surface area contributed by atoms with Crippen molar-refractivity contribution in [2.75, 3.05) is 11.9 Å². The number of benzene rings is 2. The number of aliphatic carboxylic acids is 2. The van der Waals surface area contributed by atoms with Gasteiger partial charge in [0.25, 0.3) is 5.91 Å². The number of anilines is 1. The molecule has 1 aliphatic heterocycles. The first-order valence-corrected chi connectivity index (χ1v) is 11.1. The van der Waals surface area contributed by atoms with Crippen LogP contribution in [0.5, 0.6) is 0 Å². The van der Waals surface area contributed by atoms with E-state index in [2.05, 4.69) is 15.3 Å². The van der Waals surface area contributed by atoms with Gasteiger partial charge in [0.1, 0.15) is 6.04 Å². The van der Waals surface area contributed by atoms with Gasteiger partial charge in [-0.3, -0.25) is 9.59 Å². The lowest BCUT2D eigenvalue weighted by Crippen LogP contribution is -2.40. The summed E-state index contributed by atoms with van der Waals surface area (Å²) in [5, 5.41) is 30.8. The molecule has 0 spiro atoms. The number of nitrogens with one attached hydrogen (secondary N) is 1. The van der Waals surface area contributed by atoms with Crippen LogP contribution in [0.15, 0.2) is 42.5 Å². The number of hydrogen-bond acceptors (Lipinski definition) is 7. The number of aromatic carboxylic acids is 1. The van der Waals surface area contributed by atoms with Gasteiger partial charge in [0.05, 0.1) is 22.5 Å². The molecule has 1 aliphatic rings. The van der Waals surface area contributed by atoms with Crippen molar-refractivity contribution in [1.82, 2.24) is 14.9 Å². The van der Waals surface area contributed by atoms with E-state index in [1.165, 1.54) is 24.3 Å². The molecule has 14 heteroatoms. The molecule has 3 aromatic rings. The number of alkyl halides is 3. The number of carbonyl (C=O) groups excluding carboxylic acids is 1. The van der Waals surface area contributed by atoms with Crippen LogP contribution in [-0.4, -0.2) is 66.6 Å². The number of aromatic nitrogens is 2. The van der Waals surface area contributed by atoms with Crippen LogP contribution < -0.4 is 5.32 Å². The first kappa shape index (κ1) is 26.3. The van der Waals surface area contributed by atoms with Gasteiger partial charge in [-0.25, -0.2) is 19.6 Å². The maximum atomic E-state index is 13.1. The second-order valence-electron chi connectivity index (χ2n) is 8.56. The summed E-state index contributed by atoms with van der Waals surface area (Å²) >= 11 is 0. The molecule has 0 bridgehead atoms. The molecule has 38 heavy (non-hydrogen) atoms. The molecule has 11 nitrogen and oxygen atoms in total. The number of carbonyl (C=O) groups is 4. The average Bonchev–Trinajstić information content (AvgIpc) is 3.32. The molecule has 1 saturated heterocycles. The van der Waals surface area contributed by atoms with Crippen molar-refractivity contribution in [2.24, 2.45) is 5.92 Å². The number of likely N-dealkylation sites (tertiary alicyclic amines) is 1. The van der Waals surface area contributed by atoms with Crippen LogP contribution in [0.4, 0.5) is 19.0 Å². The Hall–Kier alpha value is -4.75. The fourth-order valence-electron chi connectivity index (χ4n) is 4.09. The lowest BCUT2D eigenvalue weighted by atomic mass is 10.1. The monoisotopic (exact) mass is 532 g/mol. The molecule has 4 rings (SSSR count). The van der Waals surface area contributed by atoms with Crippen molar-refractivity contribution in [3.63, 3.8) is 0 Å². The van der Waals surface area contributed by atoms with Gasteiger partial charge in [-0.1, -0.05) is 12.1 Å². The van der Waals surface area contributed by atoms with E-state index < -0.39 is 53.2 Å². The maximum absolute atomic E-state index is 13.1. The number of fused-ring (bicyclic) bond motifs is 1. The Morgan fingerprint density at radius 1 is 0.947 bits per heavy atom. The molecule has 1 amide bonds. The number of hydrogen-bond donors (Lipinski definition) is 4. The van der Waals surface area contributed by atoms with E-state index in [0.29, 0.717) is 5.56 Å². The summed E-state index contributed by atoms with van der Waals surface area (Å²) in [6.07, 6.45) is -4.83. The zero-order valence-corrected chi connectivity index (χ0v) is 19.3. The molecule has 198 valence electrons. The number of amides is 1. The molecule has 2 heterocycles. The van der Waals surface area contributed by atoms with Crippen molar-refractivity contribution in [2.45, 2.75) is 25.2 Å². The zero-order valence-electron chi connectivity index (χ0n) is 19.3. The Labute approximate surface area is 211 Å². The van der Waals surface area contributed by atoms with E-state index >= 15 is 0 Å². The van der Waals surface area contributed by atoms with Gasteiger partial charge >= 0.3 is 24.1 Å². The summed E-state index contributed by atoms with van der Waals surface area (Å²) < 4.78 is 39.2. The van der Waals surface area contributed by atoms with E-state index in [-0.39, 0.29) is 41.9 Å². The molecule has 2 atom stereocenters. The molecule has 4 N–H and O–H groups in total. The zero-order chi connectivity index (χ0) is 27.8. The van der Waals surface area contributed by atoms with Crippen LogP contribution in [0, 0.1) is 5.92 Å². The standard InChI is InChI=1S/C24H19F3N4O7/c25-24(26,27)14-5-6-15-16(8-14)30-19(18(29-15)23(37)38)28-9-11-1-3-12(4-2-11)20(32)31-10-13(21(33)34)7-17(31)22(35)36/h1-6,8,13,17H,7,9-10H2,(H,28,30)(H,33,34)(H,35,36)(H,37,38). The Morgan fingerprint density at radius 3 is 2.21 bits per heavy atom. The van der Waals surface area contributed by atoms with E-state index in [1.807, 2.05) is 0 Å². The average molecular weight is 532 g/mol. The molecule has 0 saturated carbocycles. The topological polar surface area (TPSA) is 170 Å². The Bertz CT molecular complexity index is 1440. The van der Waals surface area contributed by atoms with E-state index in [1.54, 1.807) is 0 Å². The molecular formula is C24H19F3N4O7. The van der Waals surface area contributed by atoms with Gasteiger partial charge < -0.3 is 25.5 Å². The van der Waals surface area contributed by atoms with Crippen LogP contribution in [0.1, 0.15) is 38.4 Å². The molecule has 0 radical (unpaired) electrons.